The molecule has 0 saturated carbocycles. The van der Waals surface area contributed by atoms with E-state index < -0.39 is 11.4 Å². The van der Waals surface area contributed by atoms with Crippen LogP contribution < -0.4 is 14.8 Å². The van der Waals surface area contributed by atoms with E-state index in [1.54, 1.807) is 20.3 Å². The van der Waals surface area contributed by atoms with E-state index in [0.29, 0.717) is 50.8 Å². The Bertz CT molecular complexity index is 709. The minimum Gasteiger partial charge on any atom is -0.493 e. The van der Waals surface area contributed by atoms with Crippen molar-refractivity contribution in [2.24, 2.45) is 11.3 Å². The Morgan fingerprint density at radius 2 is 2.11 bits per heavy atom. The molecule has 0 spiro atoms. The number of nitrogens with zero attached hydrogens (tertiary/aromatic N) is 1. The predicted molar refractivity (Wildman–Crippen MR) is 96.8 cm³/mol. The Kier molecular flexibility index (Phi) is 5.86. The zero-order chi connectivity index (χ0) is 19.4. The van der Waals surface area contributed by atoms with Gasteiger partial charge in [0.15, 0.2) is 11.5 Å². The first-order valence-corrected chi connectivity index (χ1v) is 8.99. The lowest BCUT2D eigenvalue weighted by Crippen LogP contribution is -2.45. The first kappa shape index (κ1) is 19.4. The third-order valence-electron chi connectivity index (χ3n) is 5.51. The van der Waals surface area contributed by atoms with E-state index in [9.17, 15) is 14.7 Å². The molecular formula is C19H26N2O6. The van der Waals surface area contributed by atoms with Crippen molar-refractivity contribution in [1.29, 1.82) is 0 Å². The summed E-state index contributed by atoms with van der Waals surface area (Å²) < 4.78 is 15.9. The summed E-state index contributed by atoms with van der Waals surface area (Å²) in [5, 5.41) is 12.6. The molecule has 8 heteroatoms. The minimum absolute atomic E-state index is 0.0672. The van der Waals surface area contributed by atoms with E-state index in [1.807, 2.05) is 17.0 Å². The monoisotopic (exact) mass is 378 g/mol. The molecule has 8 nitrogen and oxygen atoms in total. The van der Waals surface area contributed by atoms with Gasteiger partial charge in [-0.25, -0.2) is 0 Å². The van der Waals surface area contributed by atoms with Crippen LogP contribution in [0.5, 0.6) is 11.5 Å². The number of nitrogens with one attached hydrogen (secondary N) is 1. The average molecular weight is 378 g/mol. The molecule has 0 aliphatic carbocycles. The lowest BCUT2D eigenvalue weighted by molar-refractivity contribution is -0.157. The van der Waals surface area contributed by atoms with Gasteiger partial charge in [-0.1, -0.05) is 6.07 Å². The second kappa shape index (κ2) is 8.14. The number of benzene rings is 1. The van der Waals surface area contributed by atoms with Gasteiger partial charge in [-0.3, -0.25) is 14.5 Å². The first-order chi connectivity index (χ1) is 13.0. The number of carbonyl (C=O) groups excluding carboxylic acids is 1. The lowest BCUT2D eigenvalue weighted by atomic mass is 9.74. The highest BCUT2D eigenvalue weighted by atomic mass is 16.5. The number of hydrogen-bond acceptors (Lipinski definition) is 6. The fraction of sp³-hybridized carbons (Fsp3) is 0.579. The summed E-state index contributed by atoms with van der Waals surface area (Å²) >= 11 is 0. The van der Waals surface area contributed by atoms with E-state index in [0.717, 1.165) is 5.56 Å². The van der Waals surface area contributed by atoms with Crippen molar-refractivity contribution in [2.75, 3.05) is 47.1 Å². The molecule has 2 N–H and O–H groups in total. The number of carboxylic acids is 1. The average Bonchev–Trinajstić information content (AvgIpc) is 3.05. The van der Waals surface area contributed by atoms with Gasteiger partial charge in [-0.05, 0) is 24.1 Å². The maximum absolute atomic E-state index is 12.3. The molecule has 1 aromatic carbocycles. The van der Waals surface area contributed by atoms with Crippen LogP contribution in [0, 0.1) is 11.3 Å². The molecule has 2 aliphatic heterocycles. The number of fused-ring (bicyclic) bond motifs is 1. The molecule has 2 aliphatic rings. The van der Waals surface area contributed by atoms with Gasteiger partial charge in [0.25, 0.3) is 0 Å². The van der Waals surface area contributed by atoms with E-state index >= 15 is 0 Å². The maximum atomic E-state index is 12.3. The predicted octanol–water partition coefficient (Wildman–Crippen LogP) is 0.743. The molecule has 0 bridgehead atoms. The van der Waals surface area contributed by atoms with Crippen LogP contribution in [-0.4, -0.2) is 69.0 Å². The molecule has 2 atom stereocenters. The summed E-state index contributed by atoms with van der Waals surface area (Å²) in [4.78, 5) is 26.1. The van der Waals surface area contributed by atoms with Crippen molar-refractivity contribution in [2.45, 2.75) is 13.0 Å². The van der Waals surface area contributed by atoms with E-state index in [4.69, 9.17) is 14.2 Å². The zero-order valence-electron chi connectivity index (χ0n) is 15.7. The van der Waals surface area contributed by atoms with Gasteiger partial charge >= 0.3 is 5.97 Å². The molecular weight excluding hydrogens is 352 g/mol. The summed E-state index contributed by atoms with van der Waals surface area (Å²) in [6.07, 6.45) is 0.497. The van der Waals surface area contributed by atoms with Crippen LogP contribution >= 0.6 is 0 Å². The SMILES string of the molecule is COc1ccc(CNC(=O)CN2C[C@@H]3COCC[C@]3(C(=O)O)C2)cc1OC. The van der Waals surface area contributed by atoms with E-state index in [2.05, 4.69) is 5.32 Å². The van der Waals surface area contributed by atoms with Crippen LogP contribution in [0.1, 0.15) is 12.0 Å². The molecule has 2 saturated heterocycles. The molecule has 1 amide bonds. The smallest absolute Gasteiger partial charge is 0.311 e. The van der Waals surface area contributed by atoms with Gasteiger partial charge in [0.1, 0.15) is 0 Å². The Labute approximate surface area is 158 Å². The number of amides is 1. The van der Waals surface area contributed by atoms with Crippen molar-refractivity contribution < 1.29 is 28.9 Å². The molecule has 2 fully saturated rings. The van der Waals surface area contributed by atoms with Crippen LogP contribution in [0.2, 0.25) is 0 Å². The number of ether oxygens (including phenoxy) is 3. The quantitative estimate of drug-likeness (QED) is 0.722. The normalized spacial score (nSPS) is 24.9. The van der Waals surface area contributed by atoms with Crippen molar-refractivity contribution in [3.63, 3.8) is 0 Å². The van der Waals surface area contributed by atoms with E-state index in [1.165, 1.54) is 0 Å². The second-order valence-corrected chi connectivity index (χ2v) is 7.12. The van der Waals surface area contributed by atoms with Crippen molar-refractivity contribution in [3.8, 4) is 11.5 Å². The van der Waals surface area contributed by atoms with Crippen LogP contribution in [0.3, 0.4) is 0 Å². The number of rotatable bonds is 7. The molecule has 0 unspecified atom stereocenters. The minimum atomic E-state index is -0.790. The Balaban J connectivity index is 1.55. The fourth-order valence-corrected chi connectivity index (χ4v) is 3.97. The Morgan fingerprint density at radius 3 is 2.78 bits per heavy atom. The van der Waals surface area contributed by atoms with Crippen molar-refractivity contribution in [3.05, 3.63) is 23.8 Å². The molecule has 0 aromatic heterocycles. The number of carbonyl (C=O) groups is 2. The van der Waals surface area contributed by atoms with Gasteiger partial charge in [-0.15, -0.1) is 0 Å². The largest absolute Gasteiger partial charge is 0.493 e. The number of likely N-dealkylation sites (tertiary alicyclic amines) is 1. The van der Waals surface area contributed by atoms with Gasteiger partial charge < -0.3 is 24.6 Å². The fourth-order valence-electron chi connectivity index (χ4n) is 3.97. The van der Waals surface area contributed by atoms with Crippen LogP contribution in [0.15, 0.2) is 18.2 Å². The third-order valence-corrected chi connectivity index (χ3v) is 5.51. The maximum Gasteiger partial charge on any atom is 0.311 e. The number of hydrogen-bond donors (Lipinski definition) is 2. The molecule has 27 heavy (non-hydrogen) atoms. The molecule has 3 rings (SSSR count). The molecule has 148 valence electrons. The second-order valence-electron chi connectivity index (χ2n) is 7.12. The summed E-state index contributed by atoms with van der Waals surface area (Å²) in [5.41, 5.74) is 0.105. The highest BCUT2D eigenvalue weighted by Crippen LogP contribution is 2.42. The van der Waals surface area contributed by atoms with Gasteiger partial charge in [0.05, 0.1) is 32.8 Å². The summed E-state index contributed by atoms with van der Waals surface area (Å²) in [6.45, 7) is 2.40. The standard InChI is InChI=1S/C19H26N2O6/c1-25-15-4-3-13(7-16(15)26-2)8-20-17(22)10-21-9-14-11-27-6-5-19(14,12-21)18(23)24/h3-4,7,14H,5-6,8-12H2,1-2H3,(H,20,22)(H,23,24)/t14-,19+/m1/s1. The van der Waals surface area contributed by atoms with E-state index in [-0.39, 0.29) is 18.4 Å². The third kappa shape index (κ3) is 4.01. The lowest BCUT2D eigenvalue weighted by Gasteiger charge is -2.34. The topological polar surface area (TPSA) is 97.3 Å². The number of aliphatic carboxylic acids is 1. The molecule has 2 heterocycles. The van der Waals surface area contributed by atoms with Crippen LogP contribution in [-0.2, 0) is 20.9 Å². The summed E-state index contributed by atoms with van der Waals surface area (Å²) in [6, 6.07) is 5.48. The highest BCUT2D eigenvalue weighted by molar-refractivity contribution is 5.79. The molecule has 1 aromatic rings. The van der Waals surface area contributed by atoms with Gasteiger partial charge in [0.2, 0.25) is 5.91 Å². The number of methoxy groups -OCH3 is 2. The van der Waals surface area contributed by atoms with Gasteiger partial charge in [0, 0.05) is 32.2 Å². The summed E-state index contributed by atoms with van der Waals surface area (Å²) in [7, 11) is 3.14. The van der Waals surface area contributed by atoms with Crippen LogP contribution in [0.25, 0.3) is 0 Å². The Hall–Kier alpha value is -2.32. The number of carboxylic acid groups (broad SMARTS) is 1. The highest BCUT2D eigenvalue weighted by Gasteiger charge is 2.53. The van der Waals surface area contributed by atoms with Crippen molar-refractivity contribution in [1.82, 2.24) is 10.2 Å². The van der Waals surface area contributed by atoms with Crippen LogP contribution in [0.4, 0.5) is 0 Å². The van der Waals surface area contributed by atoms with Crippen molar-refractivity contribution >= 4 is 11.9 Å². The Morgan fingerprint density at radius 1 is 1.33 bits per heavy atom. The first-order valence-electron chi connectivity index (χ1n) is 8.99. The zero-order valence-corrected chi connectivity index (χ0v) is 15.7. The van der Waals surface area contributed by atoms with Gasteiger partial charge in [-0.2, -0.15) is 0 Å². The summed E-state index contributed by atoms with van der Waals surface area (Å²) in [5.74, 6) is 0.251. The molecule has 0 radical (unpaired) electrons.